The number of rotatable bonds is 8. The van der Waals surface area contributed by atoms with E-state index in [1.54, 1.807) is 20.8 Å². The first-order chi connectivity index (χ1) is 15.7. The lowest BCUT2D eigenvalue weighted by molar-refractivity contribution is -0.130. The van der Waals surface area contributed by atoms with Crippen LogP contribution in [-0.4, -0.2) is 44.4 Å². The molecule has 0 bridgehead atoms. The third kappa shape index (κ3) is 7.67. The fourth-order valence-electron chi connectivity index (χ4n) is 3.02. The molecule has 9 nitrogen and oxygen atoms in total. The average Bonchev–Trinajstić information content (AvgIpc) is 2.73. The topological polar surface area (TPSA) is 131 Å². The largest absolute Gasteiger partial charge is 0.449 e. The third-order valence-corrected chi connectivity index (χ3v) is 6.44. The number of nitrogens with one attached hydrogen (secondary N) is 3. The molecule has 0 spiro atoms. The van der Waals surface area contributed by atoms with Crippen LogP contribution in [0.2, 0.25) is 0 Å². The third-order valence-electron chi connectivity index (χ3n) is 4.66. The van der Waals surface area contributed by atoms with Gasteiger partial charge in [0.2, 0.25) is 15.9 Å². The van der Waals surface area contributed by atoms with E-state index >= 15 is 0 Å². The SMILES string of the molecule is Cc1cccc(C)c1NC(=O)CNC(=O)C(C)OC(=O)c1ccc(S(=O)(=O)NC(C)(C)C)cc1. The molecule has 2 aromatic carbocycles. The minimum Gasteiger partial charge on any atom is -0.449 e. The van der Waals surface area contributed by atoms with E-state index in [1.165, 1.54) is 31.2 Å². The summed E-state index contributed by atoms with van der Waals surface area (Å²) < 4.78 is 32.4. The zero-order chi connectivity index (χ0) is 25.7. The van der Waals surface area contributed by atoms with Crippen LogP contribution in [0, 0.1) is 13.8 Å². The number of anilines is 1. The predicted octanol–water partition coefficient (Wildman–Crippen LogP) is 2.68. The van der Waals surface area contributed by atoms with Gasteiger partial charge in [-0.05, 0) is 76.9 Å². The molecule has 0 saturated heterocycles. The molecule has 0 aliphatic rings. The second-order valence-electron chi connectivity index (χ2n) is 8.96. The van der Waals surface area contributed by atoms with E-state index in [-0.39, 0.29) is 17.0 Å². The zero-order valence-electron chi connectivity index (χ0n) is 20.2. The molecule has 2 aromatic rings. The van der Waals surface area contributed by atoms with E-state index in [4.69, 9.17) is 4.74 Å². The fourth-order valence-corrected chi connectivity index (χ4v) is 4.44. The van der Waals surface area contributed by atoms with Gasteiger partial charge < -0.3 is 15.4 Å². The second-order valence-corrected chi connectivity index (χ2v) is 10.6. The van der Waals surface area contributed by atoms with Crippen molar-refractivity contribution < 1.29 is 27.5 Å². The number of para-hydroxylation sites is 1. The van der Waals surface area contributed by atoms with E-state index in [0.29, 0.717) is 5.69 Å². The molecule has 1 unspecified atom stereocenters. The van der Waals surface area contributed by atoms with Crippen molar-refractivity contribution in [1.29, 1.82) is 0 Å². The zero-order valence-corrected chi connectivity index (χ0v) is 21.0. The summed E-state index contributed by atoms with van der Waals surface area (Å²) >= 11 is 0. The van der Waals surface area contributed by atoms with Crippen LogP contribution in [0.15, 0.2) is 47.4 Å². The number of hydrogen-bond donors (Lipinski definition) is 3. The first-order valence-electron chi connectivity index (χ1n) is 10.7. The molecule has 184 valence electrons. The number of ether oxygens (including phenoxy) is 1. The van der Waals surface area contributed by atoms with Crippen LogP contribution in [0.1, 0.15) is 49.2 Å². The standard InChI is InChI=1S/C24H31N3O6S/c1-15-8-7-9-16(2)21(15)26-20(28)14-25-22(29)17(3)33-23(30)18-10-12-19(13-11-18)34(31,32)27-24(4,5)6/h7-13,17,27H,14H2,1-6H3,(H,25,29)(H,26,28). The molecular weight excluding hydrogens is 458 g/mol. The Bertz CT molecular complexity index is 1150. The van der Waals surface area contributed by atoms with E-state index in [2.05, 4.69) is 15.4 Å². The molecular formula is C24H31N3O6S. The molecule has 34 heavy (non-hydrogen) atoms. The van der Waals surface area contributed by atoms with Gasteiger partial charge in [0.05, 0.1) is 17.0 Å². The van der Waals surface area contributed by atoms with E-state index in [0.717, 1.165) is 11.1 Å². The number of carbonyl (C=O) groups is 3. The average molecular weight is 490 g/mol. The molecule has 1 atom stereocenters. The smallest absolute Gasteiger partial charge is 0.338 e. The van der Waals surface area contributed by atoms with E-state index in [9.17, 15) is 22.8 Å². The molecule has 3 N–H and O–H groups in total. The molecule has 0 fully saturated rings. The van der Waals surface area contributed by atoms with Gasteiger partial charge in [0.25, 0.3) is 5.91 Å². The van der Waals surface area contributed by atoms with Gasteiger partial charge in [-0.3, -0.25) is 9.59 Å². The van der Waals surface area contributed by atoms with Gasteiger partial charge in [-0.15, -0.1) is 0 Å². The quantitative estimate of drug-likeness (QED) is 0.489. The summed E-state index contributed by atoms with van der Waals surface area (Å²) in [4.78, 5) is 36.8. The summed E-state index contributed by atoms with van der Waals surface area (Å²) in [6, 6.07) is 10.8. The number of aryl methyl sites for hydroxylation is 2. The first kappa shape index (κ1) is 27.0. The normalized spacial score (nSPS) is 12.5. The van der Waals surface area contributed by atoms with Gasteiger partial charge in [0.15, 0.2) is 6.10 Å². The van der Waals surface area contributed by atoms with Gasteiger partial charge in [0, 0.05) is 11.2 Å². The predicted molar refractivity (Wildman–Crippen MR) is 129 cm³/mol. The van der Waals surface area contributed by atoms with Crippen LogP contribution in [0.3, 0.4) is 0 Å². The number of benzene rings is 2. The van der Waals surface area contributed by atoms with Gasteiger partial charge in [-0.2, -0.15) is 0 Å². The van der Waals surface area contributed by atoms with Gasteiger partial charge in [0.1, 0.15) is 0 Å². The number of sulfonamides is 1. The van der Waals surface area contributed by atoms with Crippen LogP contribution in [-0.2, 0) is 24.3 Å². The second kappa shape index (κ2) is 10.8. The lowest BCUT2D eigenvalue weighted by atomic mass is 10.1. The van der Waals surface area contributed by atoms with Crippen molar-refractivity contribution in [2.75, 3.05) is 11.9 Å². The van der Waals surface area contributed by atoms with Crippen molar-refractivity contribution in [2.24, 2.45) is 0 Å². The molecule has 0 aromatic heterocycles. The van der Waals surface area contributed by atoms with Crippen LogP contribution >= 0.6 is 0 Å². The minimum absolute atomic E-state index is 0.000307. The Labute approximate surface area is 200 Å². The maximum Gasteiger partial charge on any atom is 0.338 e. The van der Waals surface area contributed by atoms with Crippen LogP contribution in [0.5, 0.6) is 0 Å². The van der Waals surface area contributed by atoms with E-state index in [1.807, 2.05) is 32.0 Å². The maximum absolute atomic E-state index is 12.4. The Morgan fingerprint density at radius 3 is 2.06 bits per heavy atom. The van der Waals surface area contributed by atoms with Crippen molar-refractivity contribution in [2.45, 2.75) is 58.1 Å². The van der Waals surface area contributed by atoms with Crippen LogP contribution in [0.4, 0.5) is 5.69 Å². The number of hydrogen-bond acceptors (Lipinski definition) is 6. The van der Waals surface area contributed by atoms with Crippen LogP contribution in [0.25, 0.3) is 0 Å². The lowest BCUT2D eigenvalue weighted by Gasteiger charge is -2.20. The summed E-state index contributed by atoms with van der Waals surface area (Å²) in [6.45, 7) is 9.98. The maximum atomic E-state index is 12.4. The summed E-state index contributed by atoms with van der Waals surface area (Å²) in [6.07, 6.45) is -1.16. The molecule has 10 heteroatoms. The summed E-state index contributed by atoms with van der Waals surface area (Å²) in [5.41, 5.74) is 1.91. The Balaban J connectivity index is 1.91. The van der Waals surface area contributed by atoms with Gasteiger partial charge >= 0.3 is 5.97 Å². The Morgan fingerprint density at radius 1 is 0.971 bits per heavy atom. The van der Waals surface area contributed by atoms with Crippen molar-refractivity contribution in [3.05, 3.63) is 59.2 Å². The summed E-state index contributed by atoms with van der Waals surface area (Å²) in [5.74, 6) is -1.85. The first-order valence-corrected chi connectivity index (χ1v) is 12.2. The Hall–Kier alpha value is -3.24. The van der Waals surface area contributed by atoms with Gasteiger partial charge in [-0.25, -0.2) is 17.9 Å². The Kier molecular flexibility index (Phi) is 8.57. The van der Waals surface area contributed by atoms with Crippen LogP contribution < -0.4 is 15.4 Å². The van der Waals surface area contributed by atoms with Crippen molar-refractivity contribution >= 4 is 33.5 Å². The van der Waals surface area contributed by atoms with Gasteiger partial charge in [-0.1, -0.05) is 18.2 Å². The summed E-state index contributed by atoms with van der Waals surface area (Å²) in [7, 11) is -3.74. The molecule has 0 aliphatic carbocycles. The molecule has 0 radical (unpaired) electrons. The van der Waals surface area contributed by atoms with Crippen molar-refractivity contribution in [3.63, 3.8) is 0 Å². The molecule has 0 aliphatic heterocycles. The molecule has 2 rings (SSSR count). The lowest BCUT2D eigenvalue weighted by Crippen LogP contribution is -2.40. The number of carbonyl (C=O) groups excluding carboxylic acids is 3. The Morgan fingerprint density at radius 2 is 1.53 bits per heavy atom. The highest BCUT2D eigenvalue weighted by Crippen LogP contribution is 2.19. The molecule has 2 amide bonds. The highest BCUT2D eigenvalue weighted by molar-refractivity contribution is 7.89. The van der Waals surface area contributed by atoms with Crippen molar-refractivity contribution in [1.82, 2.24) is 10.0 Å². The number of esters is 1. The highest BCUT2D eigenvalue weighted by Gasteiger charge is 2.23. The monoisotopic (exact) mass is 489 g/mol. The molecule has 0 heterocycles. The minimum atomic E-state index is -3.74. The van der Waals surface area contributed by atoms with Crippen molar-refractivity contribution in [3.8, 4) is 0 Å². The molecule has 0 saturated carbocycles. The van der Waals surface area contributed by atoms with E-state index < -0.39 is 39.4 Å². The number of amides is 2. The summed E-state index contributed by atoms with van der Waals surface area (Å²) in [5, 5.41) is 5.19. The highest BCUT2D eigenvalue weighted by atomic mass is 32.2. The fraction of sp³-hybridized carbons (Fsp3) is 0.375.